The third-order valence-corrected chi connectivity index (χ3v) is 7.32. The number of thiophene rings is 1. The Labute approximate surface area is 191 Å². The normalized spacial score (nSPS) is 20.9. The number of hydrogen-bond acceptors (Lipinski definition) is 5. The largest absolute Gasteiger partial charge is 0.495 e. The van der Waals surface area contributed by atoms with Gasteiger partial charge in [0.2, 0.25) is 5.91 Å². The number of para-hydroxylation sites is 2. The first-order valence-electron chi connectivity index (χ1n) is 10.9. The number of nitrogens with zero attached hydrogens (tertiary/aromatic N) is 3. The van der Waals surface area contributed by atoms with E-state index in [2.05, 4.69) is 5.32 Å². The zero-order chi connectivity index (χ0) is 22.3. The molecule has 5 rings (SSSR count). The quantitative estimate of drug-likeness (QED) is 0.635. The van der Waals surface area contributed by atoms with Gasteiger partial charge in [-0.3, -0.25) is 19.2 Å². The predicted octanol–water partition coefficient (Wildman–Crippen LogP) is 4.10. The Morgan fingerprint density at radius 1 is 1.22 bits per heavy atom. The van der Waals surface area contributed by atoms with Crippen LogP contribution in [-0.4, -0.2) is 40.3 Å². The van der Waals surface area contributed by atoms with Gasteiger partial charge >= 0.3 is 0 Å². The van der Waals surface area contributed by atoms with E-state index >= 15 is 0 Å². The van der Waals surface area contributed by atoms with Crippen LogP contribution in [0.2, 0.25) is 0 Å². The molecule has 7 nitrogen and oxygen atoms in total. The van der Waals surface area contributed by atoms with Crippen molar-refractivity contribution in [1.29, 1.82) is 0 Å². The maximum Gasteiger partial charge on any atom is 0.277 e. The molecule has 0 radical (unpaired) electrons. The van der Waals surface area contributed by atoms with Crippen molar-refractivity contribution in [2.45, 2.75) is 50.7 Å². The Bertz CT molecular complexity index is 1150. The molecule has 1 fully saturated rings. The smallest absolute Gasteiger partial charge is 0.277 e. The number of methoxy groups -OCH3 is 1. The summed E-state index contributed by atoms with van der Waals surface area (Å²) in [6, 6.07) is 13.2. The first-order valence-corrected chi connectivity index (χ1v) is 11.8. The van der Waals surface area contributed by atoms with E-state index in [0.29, 0.717) is 17.1 Å². The number of nitrogens with one attached hydrogen (secondary N) is 1. The third kappa shape index (κ3) is 3.39. The molecule has 3 aromatic rings. The fourth-order valence-corrected chi connectivity index (χ4v) is 5.41. The van der Waals surface area contributed by atoms with Crippen molar-refractivity contribution in [3.8, 4) is 16.3 Å². The molecule has 1 saturated carbocycles. The summed E-state index contributed by atoms with van der Waals surface area (Å²) in [4.78, 5) is 30.1. The monoisotopic (exact) mass is 450 g/mol. The van der Waals surface area contributed by atoms with Crippen LogP contribution in [0.25, 0.3) is 10.6 Å². The summed E-state index contributed by atoms with van der Waals surface area (Å²) < 4.78 is 7.24. The summed E-state index contributed by atoms with van der Waals surface area (Å²) in [5.74, 6) is 0.120. The zero-order valence-corrected chi connectivity index (χ0v) is 19.0. The number of carbonyl (C=O) groups excluding carboxylic acids is 2. The topological polar surface area (TPSA) is 76.5 Å². The molecule has 1 atom stereocenters. The van der Waals surface area contributed by atoms with Gasteiger partial charge in [0.1, 0.15) is 22.7 Å². The highest BCUT2D eigenvalue weighted by Gasteiger charge is 2.50. The molecular weight excluding hydrogens is 424 g/mol. The molecule has 2 aliphatic rings. The van der Waals surface area contributed by atoms with Gasteiger partial charge in [-0.1, -0.05) is 31.0 Å². The second-order valence-electron chi connectivity index (χ2n) is 8.59. The molecule has 3 heterocycles. The molecule has 166 valence electrons. The van der Waals surface area contributed by atoms with Gasteiger partial charge in [-0.05, 0) is 49.4 Å². The molecule has 32 heavy (non-hydrogen) atoms. The molecular formula is C24H26N4O3S. The van der Waals surface area contributed by atoms with Crippen molar-refractivity contribution < 1.29 is 14.3 Å². The van der Waals surface area contributed by atoms with E-state index in [1.807, 2.05) is 48.7 Å². The Kier molecular flexibility index (Phi) is 5.25. The van der Waals surface area contributed by atoms with Crippen molar-refractivity contribution in [1.82, 2.24) is 15.1 Å². The number of anilines is 1. The Hall–Kier alpha value is -3.13. The summed E-state index contributed by atoms with van der Waals surface area (Å²) in [5, 5.41) is 9.87. The van der Waals surface area contributed by atoms with Crippen LogP contribution in [-0.2, 0) is 11.3 Å². The van der Waals surface area contributed by atoms with Crippen LogP contribution in [0.5, 0.6) is 5.75 Å². The maximum absolute atomic E-state index is 13.9. The molecule has 1 aliphatic carbocycles. The Morgan fingerprint density at radius 3 is 2.72 bits per heavy atom. The van der Waals surface area contributed by atoms with Crippen LogP contribution < -0.4 is 15.0 Å². The standard InChI is InChI=1S/C24H26N4O3S/c1-24(23(30)25-16-8-3-4-9-16)15-27-19(14-17(26-27)21-12-7-13-32-21)22(29)28(24)18-10-5-6-11-20(18)31-2/h5-7,10-14,16H,3-4,8-9,15H2,1-2H3,(H,25,30)/t24-/m1/s1. The fourth-order valence-electron chi connectivity index (χ4n) is 4.73. The van der Waals surface area contributed by atoms with Gasteiger partial charge < -0.3 is 10.1 Å². The number of hydrogen-bond donors (Lipinski definition) is 1. The van der Waals surface area contributed by atoms with Gasteiger partial charge in [-0.25, -0.2) is 0 Å². The minimum atomic E-state index is -1.15. The zero-order valence-electron chi connectivity index (χ0n) is 18.2. The van der Waals surface area contributed by atoms with E-state index in [0.717, 1.165) is 36.3 Å². The van der Waals surface area contributed by atoms with E-state index in [9.17, 15) is 9.59 Å². The van der Waals surface area contributed by atoms with Gasteiger partial charge in [-0.15, -0.1) is 11.3 Å². The lowest BCUT2D eigenvalue weighted by Gasteiger charge is -2.43. The highest BCUT2D eigenvalue weighted by atomic mass is 32.1. The lowest BCUT2D eigenvalue weighted by Crippen LogP contribution is -2.65. The fraction of sp³-hybridized carbons (Fsp3) is 0.375. The molecule has 2 amide bonds. The van der Waals surface area contributed by atoms with Crippen LogP contribution in [0, 0.1) is 0 Å². The minimum Gasteiger partial charge on any atom is -0.495 e. The lowest BCUT2D eigenvalue weighted by molar-refractivity contribution is -0.127. The molecule has 8 heteroatoms. The van der Waals surface area contributed by atoms with Crippen molar-refractivity contribution in [2.75, 3.05) is 12.0 Å². The van der Waals surface area contributed by atoms with E-state index in [4.69, 9.17) is 9.84 Å². The SMILES string of the molecule is COc1ccccc1N1C(=O)c2cc(-c3cccs3)nn2C[C@]1(C)C(=O)NC1CCCC1. The van der Waals surface area contributed by atoms with Crippen LogP contribution >= 0.6 is 11.3 Å². The first kappa shape index (κ1) is 20.8. The third-order valence-electron chi connectivity index (χ3n) is 6.43. The molecule has 0 spiro atoms. The summed E-state index contributed by atoms with van der Waals surface area (Å²) in [6.07, 6.45) is 4.18. The summed E-state index contributed by atoms with van der Waals surface area (Å²) in [7, 11) is 1.57. The van der Waals surface area contributed by atoms with E-state index in [1.165, 1.54) is 0 Å². The summed E-state index contributed by atoms with van der Waals surface area (Å²) >= 11 is 1.57. The van der Waals surface area contributed by atoms with Crippen LogP contribution in [0.3, 0.4) is 0 Å². The second kappa shape index (κ2) is 8.09. The highest BCUT2D eigenvalue weighted by molar-refractivity contribution is 7.13. The Morgan fingerprint density at radius 2 is 2.00 bits per heavy atom. The van der Waals surface area contributed by atoms with E-state index in [1.54, 1.807) is 34.1 Å². The van der Waals surface area contributed by atoms with Crippen LogP contribution in [0.4, 0.5) is 5.69 Å². The predicted molar refractivity (Wildman–Crippen MR) is 124 cm³/mol. The van der Waals surface area contributed by atoms with Crippen molar-refractivity contribution in [2.24, 2.45) is 0 Å². The van der Waals surface area contributed by atoms with Crippen molar-refractivity contribution in [3.63, 3.8) is 0 Å². The van der Waals surface area contributed by atoms with Gasteiger partial charge in [0.05, 0.1) is 24.2 Å². The van der Waals surface area contributed by atoms with Gasteiger partial charge in [0.25, 0.3) is 5.91 Å². The summed E-state index contributed by atoms with van der Waals surface area (Å²) in [6.45, 7) is 2.08. The number of benzene rings is 1. The average Bonchev–Trinajstić information content (AvgIpc) is 3.55. The van der Waals surface area contributed by atoms with Gasteiger partial charge in [0.15, 0.2) is 0 Å². The number of aromatic nitrogens is 2. The molecule has 0 bridgehead atoms. The number of carbonyl (C=O) groups is 2. The second-order valence-corrected chi connectivity index (χ2v) is 9.54. The molecule has 2 aromatic heterocycles. The first-order chi connectivity index (χ1) is 15.5. The molecule has 1 aliphatic heterocycles. The van der Waals surface area contributed by atoms with E-state index < -0.39 is 5.54 Å². The van der Waals surface area contributed by atoms with Gasteiger partial charge in [-0.2, -0.15) is 5.10 Å². The number of amides is 2. The summed E-state index contributed by atoms with van der Waals surface area (Å²) in [5.41, 5.74) is 0.628. The molecule has 0 saturated heterocycles. The molecule has 1 N–H and O–H groups in total. The maximum atomic E-state index is 13.9. The minimum absolute atomic E-state index is 0.148. The molecule has 1 aromatic carbocycles. The van der Waals surface area contributed by atoms with Crippen molar-refractivity contribution in [3.05, 3.63) is 53.5 Å². The number of fused-ring (bicyclic) bond motifs is 1. The molecule has 0 unspecified atom stereocenters. The average molecular weight is 451 g/mol. The number of rotatable bonds is 5. The highest BCUT2D eigenvalue weighted by Crippen LogP contribution is 2.39. The van der Waals surface area contributed by atoms with Crippen LogP contribution in [0.1, 0.15) is 43.1 Å². The van der Waals surface area contributed by atoms with Crippen molar-refractivity contribution >= 4 is 28.8 Å². The Balaban J connectivity index is 1.61. The van der Waals surface area contributed by atoms with Crippen LogP contribution in [0.15, 0.2) is 47.8 Å². The lowest BCUT2D eigenvalue weighted by atomic mass is 9.93. The number of ether oxygens (including phenoxy) is 1. The van der Waals surface area contributed by atoms with E-state index in [-0.39, 0.29) is 24.4 Å². The van der Waals surface area contributed by atoms with Gasteiger partial charge in [0, 0.05) is 6.04 Å².